The lowest BCUT2D eigenvalue weighted by molar-refractivity contribution is 0.0951. The summed E-state index contributed by atoms with van der Waals surface area (Å²) in [4.78, 5) is 21.5. The molecule has 1 amide bonds. The van der Waals surface area contributed by atoms with Crippen LogP contribution in [0.1, 0.15) is 53.0 Å². The average molecular weight is 498 g/mol. The Morgan fingerprint density at radius 1 is 1.08 bits per heavy atom. The van der Waals surface area contributed by atoms with Crippen LogP contribution in [0.2, 0.25) is 0 Å². The highest BCUT2D eigenvalue weighted by molar-refractivity contribution is 5.98. The van der Waals surface area contributed by atoms with Gasteiger partial charge in [0.05, 0.1) is 31.7 Å². The van der Waals surface area contributed by atoms with Crippen LogP contribution in [0.5, 0.6) is 11.5 Å². The van der Waals surface area contributed by atoms with Crippen LogP contribution in [0.3, 0.4) is 0 Å². The van der Waals surface area contributed by atoms with E-state index in [1.165, 1.54) is 0 Å². The van der Waals surface area contributed by atoms with E-state index >= 15 is 0 Å². The number of rotatable bonds is 8. The number of aryl methyl sites for hydroxylation is 1. The van der Waals surface area contributed by atoms with E-state index in [9.17, 15) is 4.79 Å². The van der Waals surface area contributed by atoms with Crippen molar-refractivity contribution in [2.24, 2.45) is 0 Å². The van der Waals surface area contributed by atoms with Crippen LogP contribution in [-0.2, 0) is 0 Å². The van der Waals surface area contributed by atoms with E-state index in [2.05, 4.69) is 35.3 Å². The quantitative estimate of drug-likeness (QED) is 0.300. The molecule has 0 spiro atoms. The number of amides is 1. The molecule has 8 heteroatoms. The molecule has 0 aliphatic carbocycles. The van der Waals surface area contributed by atoms with Gasteiger partial charge in [0.2, 0.25) is 0 Å². The van der Waals surface area contributed by atoms with Gasteiger partial charge < -0.3 is 19.8 Å². The van der Waals surface area contributed by atoms with Crippen LogP contribution in [0, 0.1) is 6.92 Å². The summed E-state index contributed by atoms with van der Waals surface area (Å²) in [6.07, 6.45) is 3.76. The van der Waals surface area contributed by atoms with Gasteiger partial charge in [-0.15, -0.1) is 0 Å². The van der Waals surface area contributed by atoms with E-state index in [0.717, 1.165) is 33.1 Å². The fourth-order valence-corrected chi connectivity index (χ4v) is 4.92. The summed E-state index contributed by atoms with van der Waals surface area (Å²) in [6.45, 7) is 6.32. The molecule has 2 aromatic carbocycles. The highest BCUT2D eigenvalue weighted by atomic mass is 16.5. The number of aromatic nitrogens is 4. The van der Waals surface area contributed by atoms with E-state index in [1.54, 1.807) is 20.4 Å². The van der Waals surface area contributed by atoms with Crippen molar-refractivity contribution < 1.29 is 14.3 Å². The van der Waals surface area contributed by atoms with Crippen molar-refractivity contribution in [2.75, 3.05) is 20.8 Å². The van der Waals surface area contributed by atoms with Crippen LogP contribution in [0.25, 0.3) is 21.9 Å². The van der Waals surface area contributed by atoms with E-state index in [1.807, 2.05) is 60.3 Å². The van der Waals surface area contributed by atoms with Gasteiger partial charge in [-0.1, -0.05) is 30.3 Å². The average Bonchev–Trinajstić information content (AvgIpc) is 3.52. The summed E-state index contributed by atoms with van der Waals surface area (Å²) in [5.41, 5.74) is 4.99. The summed E-state index contributed by atoms with van der Waals surface area (Å²) in [7, 11) is 3.26. The molecule has 5 aromatic rings. The maximum Gasteiger partial charge on any atom is 0.253 e. The van der Waals surface area contributed by atoms with Gasteiger partial charge in [-0.2, -0.15) is 5.10 Å². The zero-order valence-electron chi connectivity index (χ0n) is 21.7. The highest BCUT2D eigenvalue weighted by Crippen LogP contribution is 2.40. The fraction of sp³-hybridized carbons (Fsp3) is 0.276. The van der Waals surface area contributed by atoms with Gasteiger partial charge in [0, 0.05) is 46.6 Å². The highest BCUT2D eigenvalue weighted by Gasteiger charge is 2.25. The lowest BCUT2D eigenvalue weighted by Crippen LogP contribution is -2.30. The smallest absolute Gasteiger partial charge is 0.253 e. The Labute approximate surface area is 215 Å². The van der Waals surface area contributed by atoms with Crippen molar-refractivity contribution in [1.82, 2.24) is 25.1 Å². The lowest BCUT2D eigenvalue weighted by atomic mass is 9.89. The number of H-pyrrole nitrogens is 1. The second-order valence-corrected chi connectivity index (χ2v) is 9.35. The largest absolute Gasteiger partial charge is 0.493 e. The van der Waals surface area contributed by atoms with Gasteiger partial charge in [-0.05, 0) is 44.5 Å². The number of aromatic amines is 1. The van der Waals surface area contributed by atoms with Gasteiger partial charge in [0.25, 0.3) is 5.91 Å². The van der Waals surface area contributed by atoms with Crippen molar-refractivity contribution in [3.63, 3.8) is 0 Å². The summed E-state index contributed by atoms with van der Waals surface area (Å²) < 4.78 is 13.2. The third-order valence-electron chi connectivity index (χ3n) is 6.77. The normalized spacial score (nSPS) is 12.3. The van der Waals surface area contributed by atoms with E-state index in [0.29, 0.717) is 29.3 Å². The zero-order valence-corrected chi connectivity index (χ0v) is 21.7. The van der Waals surface area contributed by atoms with Gasteiger partial charge in [0.1, 0.15) is 0 Å². The zero-order chi connectivity index (χ0) is 26.1. The van der Waals surface area contributed by atoms with Crippen molar-refractivity contribution in [1.29, 1.82) is 0 Å². The molecule has 1 unspecified atom stereocenters. The van der Waals surface area contributed by atoms with Crippen molar-refractivity contribution in [3.05, 3.63) is 83.3 Å². The number of benzene rings is 2. The Morgan fingerprint density at radius 3 is 2.65 bits per heavy atom. The molecule has 2 N–H and O–H groups in total. The Kier molecular flexibility index (Phi) is 6.56. The van der Waals surface area contributed by atoms with Crippen LogP contribution in [-0.4, -0.2) is 46.4 Å². The minimum atomic E-state index is -0.189. The molecule has 3 aromatic heterocycles. The molecule has 5 rings (SSSR count). The minimum Gasteiger partial charge on any atom is -0.493 e. The molecule has 0 bridgehead atoms. The van der Waals surface area contributed by atoms with Crippen molar-refractivity contribution >= 4 is 27.8 Å². The van der Waals surface area contributed by atoms with Gasteiger partial charge >= 0.3 is 0 Å². The first-order valence-corrected chi connectivity index (χ1v) is 12.3. The summed E-state index contributed by atoms with van der Waals surface area (Å²) >= 11 is 0. The lowest BCUT2D eigenvalue weighted by Gasteiger charge is -2.22. The van der Waals surface area contributed by atoms with Gasteiger partial charge in [0.15, 0.2) is 17.1 Å². The number of carbonyl (C=O) groups is 1. The predicted octanol–water partition coefficient (Wildman–Crippen LogP) is 5.38. The molecule has 3 heterocycles. The molecule has 1 atom stereocenters. The van der Waals surface area contributed by atoms with Crippen molar-refractivity contribution in [3.8, 4) is 11.5 Å². The number of fused-ring (bicyclic) bond motifs is 2. The maximum absolute atomic E-state index is 13.5. The summed E-state index contributed by atoms with van der Waals surface area (Å²) in [6, 6.07) is 16.0. The Morgan fingerprint density at radius 2 is 1.89 bits per heavy atom. The van der Waals surface area contributed by atoms with Crippen LogP contribution in [0.15, 0.2) is 60.9 Å². The van der Waals surface area contributed by atoms with Gasteiger partial charge in [-0.3, -0.25) is 4.79 Å². The number of carbonyl (C=O) groups excluding carboxylic acids is 1. The molecular formula is C29H31N5O3. The van der Waals surface area contributed by atoms with Crippen LogP contribution in [0.4, 0.5) is 0 Å². The Hall–Kier alpha value is -4.33. The molecule has 0 fully saturated rings. The van der Waals surface area contributed by atoms with Crippen LogP contribution < -0.4 is 14.8 Å². The first-order valence-electron chi connectivity index (χ1n) is 12.3. The van der Waals surface area contributed by atoms with E-state index in [-0.39, 0.29) is 17.9 Å². The summed E-state index contributed by atoms with van der Waals surface area (Å²) in [5.74, 6) is 0.917. The van der Waals surface area contributed by atoms with Crippen molar-refractivity contribution in [2.45, 2.75) is 32.7 Å². The third kappa shape index (κ3) is 4.39. The number of pyridine rings is 1. The molecule has 8 nitrogen and oxygen atoms in total. The first-order chi connectivity index (χ1) is 17.9. The molecular weight excluding hydrogens is 466 g/mol. The Balaban J connectivity index is 1.52. The Bertz CT molecular complexity index is 1580. The number of nitrogens with zero attached hydrogens (tertiary/aromatic N) is 3. The third-order valence-corrected chi connectivity index (χ3v) is 6.77. The molecule has 0 saturated carbocycles. The molecule has 190 valence electrons. The number of hydrogen-bond acceptors (Lipinski definition) is 5. The minimum absolute atomic E-state index is 0.179. The second-order valence-electron chi connectivity index (χ2n) is 9.35. The fourth-order valence-electron chi connectivity index (χ4n) is 4.92. The predicted molar refractivity (Wildman–Crippen MR) is 145 cm³/mol. The number of ether oxygens (including phenoxy) is 2. The van der Waals surface area contributed by atoms with Crippen LogP contribution >= 0.6 is 0 Å². The molecule has 0 saturated heterocycles. The van der Waals surface area contributed by atoms with Gasteiger partial charge in [-0.25, -0.2) is 9.67 Å². The number of para-hydroxylation sites is 2. The molecule has 0 radical (unpaired) electrons. The molecule has 0 aliphatic rings. The van der Waals surface area contributed by atoms with E-state index in [4.69, 9.17) is 14.5 Å². The number of nitrogens with one attached hydrogen (secondary N) is 2. The molecule has 0 aliphatic heterocycles. The second kappa shape index (κ2) is 9.97. The summed E-state index contributed by atoms with van der Waals surface area (Å²) in [5, 5.41) is 9.53. The maximum atomic E-state index is 13.5. The first kappa shape index (κ1) is 24.4. The standard InChI is InChI=1S/C29H31N5O3/c1-17(2)34-28-19(14-32-34)13-22(18(3)33-28)29(35)31-16-24(21-10-8-12-26(36-4)27(21)37-5)23-15-30-25-11-7-6-9-20(23)25/h6-15,17,24,30H,16H2,1-5H3,(H,31,35). The monoisotopic (exact) mass is 497 g/mol. The van der Waals surface area contributed by atoms with E-state index < -0.39 is 0 Å². The number of hydrogen-bond donors (Lipinski definition) is 2. The SMILES string of the molecule is COc1cccc(C(CNC(=O)c2cc3cnn(C(C)C)c3nc2C)c2c[nH]c3ccccc23)c1OC. The number of methoxy groups -OCH3 is 2. The molecule has 37 heavy (non-hydrogen) atoms. The topological polar surface area (TPSA) is 94.1 Å².